The van der Waals surface area contributed by atoms with Gasteiger partial charge in [-0.15, -0.1) is 0 Å². The average Bonchev–Trinajstić information content (AvgIpc) is 2.60. The minimum absolute atomic E-state index is 0.549. The average molecular weight is 250 g/mol. The molecular weight excluding hydrogens is 237 g/mol. The van der Waals surface area contributed by atoms with Crippen LogP contribution in [0.1, 0.15) is 25.3 Å². The lowest BCUT2D eigenvalue weighted by Crippen LogP contribution is -2.40. The first kappa shape index (κ1) is 13.5. The van der Waals surface area contributed by atoms with Gasteiger partial charge in [0.15, 0.2) is 5.54 Å². The van der Waals surface area contributed by atoms with E-state index in [1.807, 2.05) is 0 Å². The lowest BCUT2D eigenvalue weighted by molar-refractivity contribution is -0.155. The van der Waals surface area contributed by atoms with Gasteiger partial charge in [0.05, 0.1) is 6.20 Å². The largest absolute Gasteiger partial charge is 0.479 e. The van der Waals surface area contributed by atoms with Gasteiger partial charge in [-0.2, -0.15) is 18.3 Å². The van der Waals surface area contributed by atoms with Crippen molar-refractivity contribution < 1.29 is 23.1 Å². The molecule has 0 bridgehead atoms. The zero-order valence-electron chi connectivity index (χ0n) is 9.45. The molecule has 7 heteroatoms. The van der Waals surface area contributed by atoms with Crippen molar-refractivity contribution >= 4 is 5.97 Å². The van der Waals surface area contributed by atoms with E-state index in [0.717, 1.165) is 4.68 Å². The number of carbonyl (C=O) groups is 1. The third kappa shape index (κ3) is 3.21. The summed E-state index contributed by atoms with van der Waals surface area (Å²) in [4.78, 5) is 11.1. The monoisotopic (exact) mass is 250 g/mol. The molecule has 0 saturated carbocycles. The molecule has 0 amide bonds. The number of rotatable bonds is 4. The Morgan fingerprint density at radius 3 is 2.41 bits per heavy atom. The van der Waals surface area contributed by atoms with E-state index in [1.54, 1.807) is 6.92 Å². The molecule has 17 heavy (non-hydrogen) atoms. The van der Waals surface area contributed by atoms with Crippen LogP contribution in [0.3, 0.4) is 0 Å². The second-order valence-corrected chi connectivity index (χ2v) is 4.16. The van der Waals surface area contributed by atoms with Crippen molar-refractivity contribution in [2.24, 2.45) is 0 Å². The van der Waals surface area contributed by atoms with Crippen molar-refractivity contribution in [2.45, 2.75) is 38.4 Å². The summed E-state index contributed by atoms with van der Waals surface area (Å²) in [6, 6.07) is 0. The number of halogens is 3. The van der Waals surface area contributed by atoms with E-state index in [2.05, 4.69) is 5.10 Å². The molecule has 1 N–H and O–H groups in total. The van der Waals surface area contributed by atoms with Crippen molar-refractivity contribution in [2.75, 3.05) is 0 Å². The fourth-order valence-electron chi connectivity index (χ4n) is 1.39. The van der Waals surface area contributed by atoms with Gasteiger partial charge in [-0.3, -0.25) is 4.68 Å². The first-order valence-corrected chi connectivity index (χ1v) is 4.97. The fraction of sp³-hybridized carbons (Fsp3) is 0.600. The topological polar surface area (TPSA) is 55.1 Å². The minimum atomic E-state index is -4.38. The quantitative estimate of drug-likeness (QED) is 0.892. The second-order valence-electron chi connectivity index (χ2n) is 4.16. The molecule has 1 aromatic heterocycles. The van der Waals surface area contributed by atoms with Crippen molar-refractivity contribution in [1.82, 2.24) is 9.78 Å². The maximum absolute atomic E-state index is 12.1. The van der Waals surface area contributed by atoms with E-state index >= 15 is 0 Å². The van der Waals surface area contributed by atoms with Crippen LogP contribution in [0.25, 0.3) is 0 Å². The van der Waals surface area contributed by atoms with Gasteiger partial charge in [-0.25, -0.2) is 4.79 Å². The number of aliphatic carboxylic acids is 1. The molecule has 0 radical (unpaired) electrons. The van der Waals surface area contributed by atoms with Gasteiger partial charge in [-0.05, 0) is 25.8 Å². The first-order valence-electron chi connectivity index (χ1n) is 4.97. The molecule has 0 spiro atoms. The van der Waals surface area contributed by atoms with Crippen LogP contribution in [-0.4, -0.2) is 27.0 Å². The van der Waals surface area contributed by atoms with Gasteiger partial charge in [0.1, 0.15) is 0 Å². The normalized spacial score (nSPS) is 15.6. The SMILES string of the molecule is Cc1cnn(C(C)(CCC(F)(F)F)C(=O)O)c1. The summed E-state index contributed by atoms with van der Waals surface area (Å²) in [6.07, 6.45) is -3.25. The molecular formula is C10H13F3N2O2. The molecule has 4 nitrogen and oxygen atoms in total. The van der Waals surface area contributed by atoms with Crippen LogP contribution in [0, 0.1) is 6.92 Å². The van der Waals surface area contributed by atoms with Gasteiger partial charge < -0.3 is 5.11 Å². The highest BCUT2D eigenvalue weighted by Gasteiger charge is 2.40. The van der Waals surface area contributed by atoms with E-state index in [4.69, 9.17) is 5.11 Å². The maximum Gasteiger partial charge on any atom is 0.389 e. The van der Waals surface area contributed by atoms with Crippen LogP contribution >= 0.6 is 0 Å². The molecule has 1 unspecified atom stereocenters. The van der Waals surface area contributed by atoms with Crippen LogP contribution in [0.2, 0.25) is 0 Å². The Morgan fingerprint density at radius 1 is 1.47 bits per heavy atom. The zero-order chi connectivity index (χ0) is 13.3. The van der Waals surface area contributed by atoms with Crippen LogP contribution in [-0.2, 0) is 10.3 Å². The molecule has 1 atom stereocenters. The van der Waals surface area contributed by atoms with Gasteiger partial charge in [0, 0.05) is 12.6 Å². The van der Waals surface area contributed by atoms with E-state index in [1.165, 1.54) is 19.3 Å². The summed E-state index contributed by atoms with van der Waals surface area (Å²) >= 11 is 0. The summed E-state index contributed by atoms with van der Waals surface area (Å²) < 4.78 is 37.5. The number of hydrogen-bond donors (Lipinski definition) is 1. The third-order valence-electron chi connectivity index (χ3n) is 2.57. The Bertz CT molecular complexity index is 414. The molecule has 0 aliphatic heterocycles. The highest BCUT2D eigenvalue weighted by molar-refractivity contribution is 5.76. The molecule has 1 aromatic rings. The third-order valence-corrected chi connectivity index (χ3v) is 2.57. The molecule has 1 heterocycles. The Morgan fingerprint density at radius 2 is 2.06 bits per heavy atom. The summed E-state index contributed by atoms with van der Waals surface area (Å²) in [5.74, 6) is -1.33. The van der Waals surface area contributed by atoms with Crippen molar-refractivity contribution in [3.05, 3.63) is 18.0 Å². The smallest absolute Gasteiger partial charge is 0.389 e. The predicted molar refractivity (Wildman–Crippen MR) is 53.5 cm³/mol. The molecule has 0 saturated heterocycles. The number of nitrogens with zero attached hydrogens (tertiary/aromatic N) is 2. The lowest BCUT2D eigenvalue weighted by Gasteiger charge is -2.25. The summed E-state index contributed by atoms with van der Waals surface area (Å²) in [7, 11) is 0. The Labute approximate surface area is 96.0 Å². The zero-order valence-corrected chi connectivity index (χ0v) is 9.45. The molecule has 1 rings (SSSR count). The van der Waals surface area contributed by atoms with Crippen LogP contribution in [0.4, 0.5) is 13.2 Å². The van der Waals surface area contributed by atoms with Gasteiger partial charge in [0.25, 0.3) is 0 Å². The summed E-state index contributed by atoms with van der Waals surface area (Å²) in [6.45, 7) is 2.92. The van der Waals surface area contributed by atoms with Crippen LogP contribution in [0.15, 0.2) is 12.4 Å². The standard InChI is InChI=1S/C10H13F3N2O2/c1-7-5-14-15(6-7)9(2,8(16)17)3-4-10(11,12)13/h5-6H,3-4H2,1-2H3,(H,16,17). The molecule has 96 valence electrons. The van der Waals surface area contributed by atoms with Crippen molar-refractivity contribution in [1.29, 1.82) is 0 Å². The lowest BCUT2D eigenvalue weighted by atomic mass is 9.96. The first-order chi connectivity index (χ1) is 7.65. The molecule has 0 fully saturated rings. The van der Waals surface area contributed by atoms with E-state index < -0.39 is 30.5 Å². The predicted octanol–water partition coefficient (Wildman–Crippen LogP) is 2.33. The minimum Gasteiger partial charge on any atom is -0.479 e. The Kier molecular flexibility index (Phi) is 3.49. The summed E-state index contributed by atoms with van der Waals surface area (Å²) in [5, 5.41) is 12.8. The van der Waals surface area contributed by atoms with Crippen LogP contribution in [0.5, 0.6) is 0 Å². The number of aryl methyl sites for hydroxylation is 1. The van der Waals surface area contributed by atoms with Crippen molar-refractivity contribution in [3.63, 3.8) is 0 Å². The Balaban J connectivity index is 2.94. The van der Waals surface area contributed by atoms with Crippen LogP contribution < -0.4 is 0 Å². The number of carboxylic acid groups (broad SMARTS) is 1. The highest BCUT2D eigenvalue weighted by atomic mass is 19.4. The summed E-state index contributed by atoms with van der Waals surface area (Å²) in [5.41, 5.74) is -0.978. The fourth-order valence-corrected chi connectivity index (χ4v) is 1.39. The van der Waals surface area contributed by atoms with E-state index in [-0.39, 0.29) is 0 Å². The molecule has 0 aromatic carbocycles. The maximum atomic E-state index is 12.1. The van der Waals surface area contributed by atoms with Gasteiger partial charge >= 0.3 is 12.1 Å². The van der Waals surface area contributed by atoms with Crippen molar-refractivity contribution in [3.8, 4) is 0 Å². The second kappa shape index (κ2) is 4.38. The van der Waals surface area contributed by atoms with Gasteiger partial charge in [0.2, 0.25) is 0 Å². The van der Waals surface area contributed by atoms with Gasteiger partial charge in [-0.1, -0.05) is 0 Å². The molecule has 0 aliphatic carbocycles. The van der Waals surface area contributed by atoms with E-state index in [9.17, 15) is 18.0 Å². The number of alkyl halides is 3. The highest BCUT2D eigenvalue weighted by Crippen LogP contribution is 2.30. The number of aromatic nitrogens is 2. The number of carboxylic acids is 1. The molecule has 0 aliphatic rings. The van der Waals surface area contributed by atoms with E-state index in [0.29, 0.717) is 5.56 Å². The Hall–Kier alpha value is -1.53. The number of hydrogen-bond acceptors (Lipinski definition) is 2.